The number of anilines is 1. The van der Waals surface area contributed by atoms with Gasteiger partial charge in [-0.15, -0.1) is 0 Å². The van der Waals surface area contributed by atoms with Gasteiger partial charge in [-0.1, -0.05) is 12.1 Å². The van der Waals surface area contributed by atoms with Gasteiger partial charge in [-0.05, 0) is 24.3 Å². The quantitative estimate of drug-likeness (QED) is 0.628. The predicted octanol–water partition coefficient (Wildman–Crippen LogP) is 2.10. The van der Waals surface area contributed by atoms with Gasteiger partial charge in [-0.25, -0.2) is 4.79 Å². The van der Waals surface area contributed by atoms with E-state index in [9.17, 15) is 4.79 Å². The number of amides is 1. The Labute approximate surface area is 149 Å². The minimum Gasteiger partial charge on any atom is -0.490 e. The monoisotopic (exact) mass is 355 g/mol. The highest BCUT2D eigenvalue weighted by atomic mass is 16.7. The van der Waals surface area contributed by atoms with Crippen LogP contribution in [0.3, 0.4) is 0 Å². The molecule has 1 saturated heterocycles. The second-order valence-electron chi connectivity index (χ2n) is 5.91. The zero-order valence-corrected chi connectivity index (χ0v) is 13.8. The Kier molecular flexibility index (Phi) is 4.00. The van der Waals surface area contributed by atoms with E-state index >= 15 is 0 Å². The van der Waals surface area contributed by atoms with E-state index in [1.165, 1.54) is 4.90 Å². The molecule has 0 spiro atoms. The number of rotatable bonds is 5. The fraction of sp³-hybridized carbons (Fsp3) is 0.222. The van der Waals surface area contributed by atoms with Crippen molar-refractivity contribution in [3.8, 4) is 17.2 Å². The lowest BCUT2D eigenvalue weighted by Gasteiger charge is -2.14. The van der Waals surface area contributed by atoms with Crippen LogP contribution in [0.1, 0.15) is 5.56 Å². The smallest absolute Gasteiger partial charge is 0.414 e. The summed E-state index contributed by atoms with van der Waals surface area (Å²) in [6, 6.07) is 12.2. The number of nitrogen functional groups attached to an aromatic ring is 1. The number of nitrogens with zero attached hydrogens (tertiary/aromatic N) is 1. The van der Waals surface area contributed by atoms with Gasteiger partial charge >= 0.3 is 6.09 Å². The molecule has 0 bridgehead atoms. The number of fused-ring (bicyclic) bond motifs is 1. The van der Waals surface area contributed by atoms with Crippen molar-refractivity contribution in [2.45, 2.75) is 6.10 Å². The molecule has 0 saturated carbocycles. The number of nitrogens with one attached hydrogen (secondary N) is 1. The fourth-order valence-corrected chi connectivity index (χ4v) is 2.82. The Hall–Kier alpha value is -3.42. The molecule has 4 rings (SSSR count). The number of nitrogens with two attached hydrogens (primary N) is 1. The number of amidine groups is 1. The van der Waals surface area contributed by atoms with Crippen molar-refractivity contribution in [3.63, 3.8) is 0 Å². The van der Waals surface area contributed by atoms with Gasteiger partial charge in [0.15, 0.2) is 17.6 Å². The molecule has 8 heteroatoms. The summed E-state index contributed by atoms with van der Waals surface area (Å²) in [4.78, 5) is 13.7. The molecule has 2 aromatic carbocycles. The summed E-state index contributed by atoms with van der Waals surface area (Å²) >= 11 is 0. The Bertz CT molecular complexity index is 870. The number of carbonyl (C=O) groups excluding carboxylic acids is 1. The van der Waals surface area contributed by atoms with Gasteiger partial charge < -0.3 is 24.7 Å². The molecule has 134 valence electrons. The van der Waals surface area contributed by atoms with Crippen LogP contribution in [0.15, 0.2) is 42.5 Å². The maximum Gasteiger partial charge on any atom is 0.414 e. The summed E-state index contributed by atoms with van der Waals surface area (Å²) in [6.45, 7) is 0.770. The first-order valence-corrected chi connectivity index (χ1v) is 8.05. The predicted molar refractivity (Wildman–Crippen MR) is 93.1 cm³/mol. The highest BCUT2D eigenvalue weighted by Crippen LogP contribution is 2.35. The lowest BCUT2D eigenvalue weighted by Crippen LogP contribution is -2.27. The molecule has 26 heavy (non-hydrogen) atoms. The Morgan fingerprint density at radius 3 is 2.92 bits per heavy atom. The molecule has 1 atom stereocenters. The van der Waals surface area contributed by atoms with E-state index in [0.29, 0.717) is 35.0 Å². The molecule has 3 N–H and O–H groups in total. The standard InChI is InChI=1S/C18H17N3O5/c19-17(20)11-2-1-3-12(6-11)21-8-14(26-18(21)22)9-23-13-4-5-15-16(7-13)25-10-24-15/h1-7,14H,8-10H2,(H3,19,20). The van der Waals surface area contributed by atoms with Gasteiger partial charge in [0, 0.05) is 17.3 Å². The molecule has 2 aliphatic heterocycles. The van der Waals surface area contributed by atoms with E-state index in [4.69, 9.17) is 30.1 Å². The van der Waals surface area contributed by atoms with Gasteiger partial charge in [-0.2, -0.15) is 0 Å². The van der Waals surface area contributed by atoms with Gasteiger partial charge in [0.2, 0.25) is 6.79 Å². The molecular formula is C18H17N3O5. The Balaban J connectivity index is 1.40. The van der Waals surface area contributed by atoms with Crippen LogP contribution >= 0.6 is 0 Å². The third-order valence-electron chi connectivity index (χ3n) is 4.12. The number of hydrogen-bond acceptors (Lipinski definition) is 6. The molecule has 0 aromatic heterocycles. The lowest BCUT2D eigenvalue weighted by atomic mass is 10.1. The first-order valence-electron chi connectivity index (χ1n) is 8.05. The van der Waals surface area contributed by atoms with E-state index in [1.54, 1.807) is 42.5 Å². The highest BCUT2D eigenvalue weighted by Gasteiger charge is 2.33. The molecule has 2 aromatic rings. The number of hydrogen-bond donors (Lipinski definition) is 2. The number of benzene rings is 2. The van der Waals surface area contributed by atoms with E-state index < -0.39 is 12.2 Å². The van der Waals surface area contributed by atoms with E-state index in [1.807, 2.05) is 0 Å². The first-order chi connectivity index (χ1) is 12.6. The van der Waals surface area contributed by atoms with Crippen molar-refractivity contribution >= 4 is 17.6 Å². The molecule has 1 unspecified atom stereocenters. The minimum absolute atomic E-state index is 0.0536. The van der Waals surface area contributed by atoms with Crippen molar-refractivity contribution in [3.05, 3.63) is 48.0 Å². The summed E-state index contributed by atoms with van der Waals surface area (Å²) in [7, 11) is 0. The van der Waals surface area contributed by atoms with Crippen LogP contribution in [0.4, 0.5) is 10.5 Å². The SMILES string of the molecule is N=C(N)c1cccc(N2CC(COc3ccc4c(c3)OCO4)OC2=O)c1. The minimum atomic E-state index is -0.454. The zero-order chi connectivity index (χ0) is 18.1. The van der Waals surface area contributed by atoms with E-state index in [2.05, 4.69) is 0 Å². The number of carbonyl (C=O) groups is 1. The van der Waals surface area contributed by atoms with Crippen LogP contribution < -0.4 is 24.8 Å². The number of ether oxygens (including phenoxy) is 4. The topological polar surface area (TPSA) is 107 Å². The molecule has 8 nitrogen and oxygen atoms in total. The maximum absolute atomic E-state index is 12.2. The van der Waals surface area contributed by atoms with Crippen LogP contribution in [-0.4, -0.2) is 38.0 Å². The third-order valence-corrected chi connectivity index (χ3v) is 4.12. The maximum atomic E-state index is 12.2. The van der Waals surface area contributed by atoms with Gasteiger partial charge in [0.25, 0.3) is 0 Å². The molecule has 2 heterocycles. The molecule has 1 fully saturated rings. The van der Waals surface area contributed by atoms with E-state index in [0.717, 1.165) is 0 Å². The number of cyclic esters (lactones) is 1. The zero-order valence-electron chi connectivity index (χ0n) is 13.8. The molecule has 1 amide bonds. The summed E-state index contributed by atoms with van der Waals surface area (Å²) in [5.41, 5.74) is 6.69. The Morgan fingerprint density at radius 2 is 2.08 bits per heavy atom. The van der Waals surface area contributed by atoms with Crippen LogP contribution in [0.2, 0.25) is 0 Å². The lowest BCUT2D eigenvalue weighted by molar-refractivity contribution is 0.105. The fourth-order valence-electron chi connectivity index (χ4n) is 2.82. The van der Waals surface area contributed by atoms with Crippen LogP contribution in [0.25, 0.3) is 0 Å². The average molecular weight is 355 g/mol. The van der Waals surface area contributed by atoms with Crippen LogP contribution in [0, 0.1) is 5.41 Å². The van der Waals surface area contributed by atoms with Crippen LogP contribution in [-0.2, 0) is 4.74 Å². The second-order valence-corrected chi connectivity index (χ2v) is 5.91. The van der Waals surface area contributed by atoms with Gasteiger partial charge in [0.05, 0.1) is 6.54 Å². The van der Waals surface area contributed by atoms with Crippen LogP contribution in [0.5, 0.6) is 17.2 Å². The second kappa shape index (κ2) is 6.47. The Morgan fingerprint density at radius 1 is 1.23 bits per heavy atom. The summed E-state index contributed by atoms with van der Waals surface area (Å²) in [6.07, 6.45) is -0.862. The van der Waals surface area contributed by atoms with Crippen molar-refractivity contribution in [1.29, 1.82) is 5.41 Å². The van der Waals surface area contributed by atoms with E-state index in [-0.39, 0.29) is 19.2 Å². The van der Waals surface area contributed by atoms with Gasteiger partial charge in [-0.3, -0.25) is 10.3 Å². The molecule has 0 radical (unpaired) electrons. The third kappa shape index (κ3) is 3.08. The summed E-state index contributed by atoms with van der Waals surface area (Å²) in [5, 5.41) is 7.51. The highest BCUT2D eigenvalue weighted by molar-refractivity contribution is 5.97. The average Bonchev–Trinajstić information content (AvgIpc) is 3.25. The summed E-state index contributed by atoms with van der Waals surface area (Å²) < 4.78 is 21.6. The van der Waals surface area contributed by atoms with Crippen molar-refractivity contribution in [2.24, 2.45) is 5.73 Å². The molecular weight excluding hydrogens is 338 g/mol. The van der Waals surface area contributed by atoms with Crippen molar-refractivity contribution in [2.75, 3.05) is 24.8 Å². The van der Waals surface area contributed by atoms with Crippen molar-refractivity contribution < 1.29 is 23.7 Å². The first kappa shape index (κ1) is 16.1. The summed E-state index contributed by atoms with van der Waals surface area (Å²) in [5.74, 6) is 1.87. The molecule has 0 aliphatic carbocycles. The van der Waals surface area contributed by atoms with Gasteiger partial charge in [0.1, 0.15) is 18.2 Å². The van der Waals surface area contributed by atoms with Crippen molar-refractivity contribution in [1.82, 2.24) is 0 Å². The largest absolute Gasteiger partial charge is 0.490 e. The molecule has 2 aliphatic rings. The normalized spacial score (nSPS) is 17.9.